The Kier molecular flexibility index (Phi) is 4.60. The monoisotopic (exact) mass is 317 g/mol. The summed E-state index contributed by atoms with van der Waals surface area (Å²) in [6, 6.07) is -0.492. The average Bonchev–Trinajstić information content (AvgIpc) is 2.40. The normalized spacial score (nSPS) is 35.9. The standard InChI is InChI=1S/C14H23NO5S/c1-14(13(17)18)8-4-2-7-11(14)15-12(16)10-6-3-5-9-21(10,19)20/h10-11H,2-9H2,1H3,(H,15,16)(H,17,18). The van der Waals surface area contributed by atoms with Crippen LogP contribution in [0.25, 0.3) is 0 Å². The highest BCUT2D eigenvalue weighted by atomic mass is 32.2. The van der Waals surface area contributed by atoms with Gasteiger partial charge in [0.15, 0.2) is 9.84 Å². The summed E-state index contributed by atoms with van der Waals surface area (Å²) in [5.74, 6) is -1.40. The molecule has 1 amide bonds. The molecule has 1 aliphatic carbocycles. The maximum atomic E-state index is 12.3. The summed E-state index contributed by atoms with van der Waals surface area (Å²) in [7, 11) is -3.39. The SMILES string of the molecule is CC1(C(=O)O)CCCCC1NC(=O)C1CCCCS1(=O)=O. The van der Waals surface area contributed by atoms with Crippen LogP contribution >= 0.6 is 0 Å². The highest BCUT2D eigenvalue weighted by Gasteiger charge is 2.45. The zero-order valence-electron chi connectivity index (χ0n) is 12.3. The summed E-state index contributed by atoms with van der Waals surface area (Å²) in [6.45, 7) is 1.63. The Hall–Kier alpha value is -1.11. The van der Waals surface area contributed by atoms with Gasteiger partial charge in [0.05, 0.1) is 11.2 Å². The van der Waals surface area contributed by atoms with Gasteiger partial charge in [0.1, 0.15) is 5.25 Å². The van der Waals surface area contributed by atoms with Crippen LogP contribution in [0.2, 0.25) is 0 Å². The number of rotatable bonds is 3. The molecular formula is C14H23NO5S. The van der Waals surface area contributed by atoms with E-state index in [4.69, 9.17) is 0 Å². The summed E-state index contributed by atoms with van der Waals surface area (Å²) >= 11 is 0. The Labute approximate surface area is 125 Å². The number of hydrogen-bond acceptors (Lipinski definition) is 4. The number of amides is 1. The fourth-order valence-electron chi connectivity index (χ4n) is 3.33. The second-order valence-corrected chi connectivity index (χ2v) is 8.68. The molecule has 1 saturated heterocycles. The van der Waals surface area contributed by atoms with Gasteiger partial charge in [0.2, 0.25) is 5.91 Å². The first-order chi connectivity index (χ1) is 9.77. The largest absolute Gasteiger partial charge is 0.481 e. The second-order valence-electron chi connectivity index (χ2n) is 6.38. The number of carboxylic acids is 1. The molecule has 3 unspecified atom stereocenters. The fourth-order valence-corrected chi connectivity index (χ4v) is 5.15. The Morgan fingerprint density at radius 3 is 2.43 bits per heavy atom. The Morgan fingerprint density at radius 2 is 1.81 bits per heavy atom. The number of sulfone groups is 1. The molecule has 2 N–H and O–H groups in total. The molecule has 0 spiro atoms. The molecule has 2 rings (SSSR count). The van der Waals surface area contributed by atoms with Crippen molar-refractivity contribution in [1.29, 1.82) is 0 Å². The molecule has 21 heavy (non-hydrogen) atoms. The van der Waals surface area contributed by atoms with Crippen LogP contribution in [-0.4, -0.2) is 42.4 Å². The van der Waals surface area contributed by atoms with Crippen molar-refractivity contribution in [2.24, 2.45) is 5.41 Å². The molecule has 3 atom stereocenters. The lowest BCUT2D eigenvalue weighted by atomic mass is 9.71. The number of carbonyl (C=O) groups excluding carboxylic acids is 1. The summed E-state index contributed by atoms with van der Waals surface area (Å²) in [5.41, 5.74) is -1.01. The third kappa shape index (κ3) is 3.22. The highest BCUT2D eigenvalue weighted by Crippen LogP contribution is 2.36. The lowest BCUT2D eigenvalue weighted by Crippen LogP contribution is -2.55. The first-order valence-electron chi connectivity index (χ1n) is 7.53. The van der Waals surface area contributed by atoms with E-state index in [2.05, 4.69) is 5.32 Å². The van der Waals surface area contributed by atoms with Crippen molar-refractivity contribution in [3.63, 3.8) is 0 Å². The van der Waals surface area contributed by atoms with E-state index in [0.717, 1.165) is 19.3 Å². The molecule has 2 fully saturated rings. The van der Waals surface area contributed by atoms with Crippen LogP contribution in [0.4, 0.5) is 0 Å². The quantitative estimate of drug-likeness (QED) is 0.812. The van der Waals surface area contributed by atoms with E-state index < -0.39 is 38.4 Å². The molecule has 0 aromatic rings. The number of hydrogen-bond donors (Lipinski definition) is 2. The zero-order valence-corrected chi connectivity index (χ0v) is 13.1. The van der Waals surface area contributed by atoms with Gasteiger partial charge in [0, 0.05) is 6.04 Å². The van der Waals surface area contributed by atoms with Crippen LogP contribution < -0.4 is 5.32 Å². The van der Waals surface area contributed by atoms with Gasteiger partial charge in [-0.15, -0.1) is 0 Å². The summed E-state index contributed by atoms with van der Waals surface area (Å²) in [5, 5.41) is 11.1. The number of nitrogens with one attached hydrogen (secondary N) is 1. The van der Waals surface area contributed by atoms with Crippen LogP contribution in [0.5, 0.6) is 0 Å². The molecule has 6 nitrogen and oxygen atoms in total. The highest BCUT2D eigenvalue weighted by molar-refractivity contribution is 7.92. The number of carbonyl (C=O) groups is 2. The Morgan fingerprint density at radius 1 is 1.14 bits per heavy atom. The molecule has 1 heterocycles. The molecule has 7 heteroatoms. The van der Waals surface area contributed by atoms with Crippen molar-refractivity contribution in [3.05, 3.63) is 0 Å². The molecule has 2 aliphatic rings. The van der Waals surface area contributed by atoms with Crippen LogP contribution in [0.1, 0.15) is 51.9 Å². The van der Waals surface area contributed by atoms with E-state index in [1.165, 1.54) is 0 Å². The van der Waals surface area contributed by atoms with Crippen LogP contribution in [0, 0.1) is 5.41 Å². The van der Waals surface area contributed by atoms with E-state index in [0.29, 0.717) is 25.7 Å². The van der Waals surface area contributed by atoms with Crippen molar-refractivity contribution in [1.82, 2.24) is 5.32 Å². The Bertz CT molecular complexity index is 529. The third-order valence-electron chi connectivity index (χ3n) is 4.88. The predicted molar refractivity (Wildman–Crippen MR) is 77.6 cm³/mol. The van der Waals surface area contributed by atoms with Gasteiger partial charge < -0.3 is 10.4 Å². The lowest BCUT2D eigenvalue weighted by Gasteiger charge is -2.39. The minimum atomic E-state index is -3.39. The molecule has 0 bridgehead atoms. The van der Waals surface area contributed by atoms with Gasteiger partial charge in [-0.25, -0.2) is 8.42 Å². The third-order valence-corrected chi connectivity index (χ3v) is 7.06. The van der Waals surface area contributed by atoms with Gasteiger partial charge in [-0.05, 0) is 32.6 Å². The van der Waals surface area contributed by atoms with Gasteiger partial charge in [-0.3, -0.25) is 9.59 Å². The maximum Gasteiger partial charge on any atom is 0.311 e. The van der Waals surface area contributed by atoms with Crippen LogP contribution in [-0.2, 0) is 19.4 Å². The summed E-state index contributed by atoms with van der Waals surface area (Å²) in [4.78, 5) is 23.8. The summed E-state index contributed by atoms with van der Waals surface area (Å²) in [6.07, 6.45) is 4.42. The van der Waals surface area contributed by atoms with Gasteiger partial charge >= 0.3 is 5.97 Å². The lowest BCUT2D eigenvalue weighted by molar-refractivity contribution is -0.152. The topological polar surface area (TPSA) is 101 Å². The molecule has 1 aliphatic heterocycles. The first-order valence-corrected chi connectivity index (χ1v) is 9.24. The van der Waals surface area contributed by atoms with Gasteiger partial charge in [-0.1, -0.05) is 19.3 Å². The molecular weight excluding hydrogens is 294 g/mol. The fraction of sp³-hybridized carbons (Fsp3) is 0.857. The smallest absolute Gasteiger partial charge is 0.311 e. The van der Waals surface area contributed by atoms with Crippen molar-refractivity contribution in [2.75, 3.05) is 5.75 Å². The van der Waals surface area contributed by atoms with E-state index in [1.54, 1.807) is 6.92 Å². The van der Waals surface area contributed by atoms with Crippen molar-refractivity contribution in [2.45, 2.75) is 63.2 Å². The van der Waals surface area contributed by atoms with Gasteiger partial charge in [-0.2, -0.15) is 0 Å². The minimum Gasteiger partial charge on any atom is -0.481 e. The van der Waals surface area contributed by atoms with E-state index in [1.807, 2.05) is 0 Å². The average molecular weight is 317 g/mol. The number of aliphatic carboxylic acids is 1. The summed E-state index contributed by atoms with van der Waals surface area (Å²) < 4.78 is 24.0. The first kappa shape index (κ1) is 16.3. The second kappa shape index (κ2) is 5.94. The van der Waals surface area contributed by atoms with Crippen molar-refractivity contribution in [3.8, 4) is 0 Å². The predicted octanol–water partition coefficient (Wildman–Crippen LogP) is 1.10. The van der Waals surface area contributed by atoms with E-state index >= 15 is 0 Å². The van der Waals surface area contributed by atoms with Crippen LogP contribution in [0.3, 0.4) is 0 Å². The van der Waals surface area contributed by atoms with Crippen molar-refractivity contribution < 1.29 is 23.1 Å². The van der Waals surface area contributed by atoms with E-state index in [-0.39, 0.29) is 5.75 Å². The van der Waals surface area contributed by atoms with E-state index in [9.17, 15) is 23.1 Å². The molecule has 0 aromatic carbocycles. The zero-order chi connectivity index (χ0) is 15.7. The maximum absolute atomic E-state index is 12.3. The molecule has 120 valence electrons. The molecule has 0 radical (unpaired) electrons. The number of carboxylic acid groups (broad SMARTS) is 1. The van der Waals surface area contributed by atoms with Crippen LogP contribution in [0.15, 0.2) is 0 Å². The molecule has 1 saturated carbocycles. The van der Waals surface area contributed by atoms with Crippen molar-refractivity contribution >= 4 is 21.7 Å². The Balaban J connectivity index is 2.12. The minimum absolute atomic E-state index is 0.0476. The molecule has 0 aromatic heterocycles. The van der Waals surface area contributed by atoms with Gasteiger partial charge in [0.25, 0.3) is 0 Å².